The number of rotatable bonds is 2. The highest BCUT2D eigenvalue weighted by atomic mass is 15.6. The van der Waals surface area contributed by atoms with Crippen LogP contribution in [0.2, 0.25) is 0 Å². The molecule has 1 aliphatic rings. The molecule has 0 bridgehead atoms. The lowest BCUT2D eigenvalue weighted by Gasteiger charge is -2.31. The lowest BCUT2D eigenvalue weighted by molar-refractivity contribution is 0.251. The minimum atomic E-state index is 0.427. The molecular formula is C13H17N4+. The zero-order valence-electron chi connectivity index (χ0n) is 10.4. The number of fused-ring (bicyclic) bond motifs is 2. The summed E-state index contributed by atoms with van der Waals surface area (Å²) in [7, 11) is 0. The molecule has 1 atom stereocenters. The smallest absolute Gasteiger partial charge is 0.188 e. The Kier molecular flexibility index (Phi) is 2.10. The topological polar surface area (TPSA) is 41.0 Å². The fraction of sp³-hybridized carbons (Fsp3) is 0.385. The molecule has 0 aliphatic carbocycles. The number of H-pyrrole nitrogens is 1. The van der Waals surface area contributed by atoms with E-state index in [9.17, 15) is 0 Å². The Labute approximate surface area is 101 Å². The molecule has 0 saturated carbocycles. The molecule has 4 heteroatoms. The molecule has 0 saturated heterocycles. The molecule has 1 aliphatic heterocycles. The number of nitrogens with one attached hydrogen (secondary N) is 1. The third-order valence-corrected chi connectivity index (χ3v) is 3.68. The van der Waals surface area contributed by atoms with Crippen molar-refractivity contribution in [3.05, 3.63) is 24.0 Å². The Morgan fingerprint density at radius 3 is 2.94 bits per heavy atom. The molecule has 1 unspecified atom stereocenters. The van der Waals surface area contributed by atoms with Crippen molar-refractivity contribution in [2.45, 2.75) is 26.8 Å². The summed E-state index contributed by atoms with van der Waals surface area (Å²) < 4.78 is 0.656. The van der Waals surface area contributed by atoms with E-state index >= 15 is 0 Å². The standard InChI is InChI=1S/C13H17N4/c1-4-17(9(2)3)12-7-10-5-6-14-13(10)16-11(12)8-15-17/h5-9H,4H2,1-3H3,(H,14,16)/q+1. The molecule has 0 radical (unpaired) electrons. The summed E-state index contributed by atoms with van der Waals surface area (Å²) in [6.45, 7) is 7.54. The Morgan fingerprint density at radius 2 is 2.24 bits per heavy atom. The highest BCUT2D eigenvalue weighted by molar-refractivity contribution is 5.94. The van der Waals surface area contributed by atoms with Crippen LogP contribution in [-0.4, -0.2) is 28.8 Å². The largest absolute Gasteiger partial charge is 0.346 e. The minimum Gasteiger partial charge on any atom is -0.346 e. The summed E-state index contributed by atoms with van der Waals surface area (Å²) in [5, 5.41) is 5.85. The Balaban J connectivity index is 2.27. The number of quaternary nitrogens is 1. The van der Waals surface area contributed by atoms with Gasteiger partial charge in [0, 0.05) is 17.6 Å². The fourth-order valence-electron chi connectivity index (χ4n) is 2.64. The van der Waals surface area contributed by atoms with Gasteiger partial charge >= 0.3 is 0 Å². The molecule has 2 aromatic heterocycles. The molecule has 3 rings (SSSR count). The van der Waals surface area contributed by atoms with Gasteiger partial charge in [0.25, 0.3) is 0 Å². The Hall–Kier alpha value is -1.68. The first-order valence-corrected chi connectivity index (χ1v) is 6.09. The molecular weight excluding hydrogens is 212 g/mol. The van der Waals surface area contributed by atoms with Crippen molar-refractivity contribution in [2.24, 2.45) is 5.10 Å². The second kappa shape index (κ2) is 3.40. The second-order valence-corrected chi connectivity index (χ2v) is 4.79. The van der Waals surface area contributed by atoms with Gasteiger partial charge in [-0.3, -0.25) is 0 Å². The summed E-state index contributed by atoms with van der Waals surface area (Å²) in [5.74, 6) is 0. The van der Waals surface area contributed by atoms with E-state index in [1.165, 1.54) is 5.69 Å². The van der Waals surface area contributed by atoms with Gasteiger partial charge in [-0.25, -0.2) is 4.98 Å². The summed E-state index contributed by atoms with van der Waals surface area (Å²) in [6, 6.07) is 4.70. The molecule has 17 heavy (non-hydrogen) atoms. The van der Waals surface area contributed by atoms with Crippen molar-refractivity contribution in [3.8, 4) is 0 Å². The van der Waals surface area contributed by atoms with Crippen LogP contribution in [0.4, 0.5) is 5.69 Å². The van der Waals surface area contributed by atoms with E-state index in [-0.39, 0.29) is 0 Å². The van der Waals surface area contributed by atoms with Crippen molar-refractivity contribution in [1.29, 1.82) is 0 Å². The third-order valence-electron chi connectivity index (χ3n) is 3.68. The summed E-state index contributed by atoms with van der Waals surface area (Å²) in [4.78, 5) is 7.77. The van der Waals surface area contributed by atoms with Gasteiger partial charge in [-0.1, -0.05) is 5.10 Å². The third kappa shape index (κ3) is 1.27. The van der Waals surface area contributed by atoms with Crippen LogP contribution in [0.1, 0.15) is 26.5 Å². The second-order valence-electron chi connectivity index (χ2n) is 4.79. The van der Waals surface area contributed by atoms with Crippen molar-refractivity contribution in [2.75, 3.05) is 6.54 Å². The first kappa shape index (κ1) is 10.5. The number of hydrogen-bond acceptors (Lipinski definition) is 2. The molecule has 0 fully saturated rings. The number of aromatic amines is 1. The van der Waals surface area contributed by atoms with Crippen LogP contribution in [-0.2, 0) is 0 Å². The van der Waals surface area contributed by atoms with E-state index in [2.05, 4.69) is 42.9 Å². The normalized spacial score (nSPS) is 22.6. The van der Waals surface area contributed by atoms with Crippen LogP contribution in [0.3, 0.4) is 0 Å². The van der Waals surface area contributed by atoms with Crippen molar-refractivity contribution in [1.82, 2.24) is 14.6 Å². The molecule has 2 aromatic rings. The predicted octanol–water partition coefficient (Wildman–Crippen LogP) is 2.65. The van der Waals surface area contributed by atoms with Crippen molar-refractivity contribution < 1.29 is 0 Å². The molecule has 0 aromatic carbocycles. The van der Waals surface area contributed by atoms with E-state index in [4.69, 9.17) is 5.10 Å². The zero-order valence-corrected chi connectivity index (χ0v) is 10.4. The number of hydrogen-bond donors (Lipinski definition) is 1. The van der Waals surface area contributed by atoms with Gasteiger partial charge in [0.1, 0.15) is 24.4 Å². The van der Waals surface area contributed by atoms with E-state index in [1.54, 1.807) is 0 Å². The number of nitrogens with zero attached hydrogens (tertiary/aromatic N) is 3. The number of pyridine rings is 1. The molecule has 0 amide bonds. The summed E-state index contributed by atoms with van der Waals surface area (Å²) in [6.07, 6.45) is 3.83. The van der Waals surface area contributed by atoms with E-state index < -0.39 is 0 Å². The van der Waals surface area contributed by atoms with Crippen LogP contribution in [0.15, 0.2) is 23.4 Å². The molecule has 4 nitrogen and oxygen atoms in total. The zero-order chi connectivity index (χ0) is 12.0. The monoisotopic (exact) mass is 229 g/mol. The molecule has 1 N–H and O–H groups in total. The van der Waals surface area contributed by atoms with Gasteiger partial charge in [-0.15, -0.1) is 0 Å². The highest BCUT2D eigenvalue weighted by Crippen LogP contribution is 2.35. The summed E-state index contributed by atoms with van der Waals surface area (Å²) >= 11 is 0. The van der Waals surface area contributed by atoms with Crippen molar-refractivity contribution >= 4 is 22.9 Å². The lowest BCUT2D eigenvalue weighted by Crippen LogP contribution is -2.48. The van der Waals surface area contributed by atoms with Gasteiger partial charge in [-0.05, 0) is 26.8 Å². The van der Waals surface area contributed by atoms with E-state index in [0.29, 0.717) is 10.6 Å². The van der Waals surface area contributed by atoms with Crippen LogP contribution >= 0.6 is 0 Å². The van der Waals surface area contributed by atoms with Gasteiger partial charge < -0.3 is 4.98 Å². The first-order chi connectivity index (χ1) is 8.17. The average Bonchev–Trinajstić information content (AvgIpc) is 2.89. The van der Waals surface area contributed by atoms with Gasteiger partial charge in [0.2, 0.25) is 0 Å². The van der Waals surface area contributed by atoms with E-state index in [0.717, 1.165) is 23.3 Å². The van der Waals surface area contributed by atoms with Gasteiger partial charge in [0.15, 0.2) is 11.4 Å². The lowest BCUT2D eigenvalue weighted by atomic mass is 10.2. The van der Waals surface area contributed by atoms with Crippen molar-refractivity contribution in [3.63, 3.8) is 0 Å². The van der Waals surface area contributed by atoms with Crippen LogP contribution in [0.5, 0.6) is 0 Å². The van der Waals surface area contributed by atoms with Crippen LogP contribution in [0, 0.1) is 0 Å². The first-order valence-electron chi connectivity index (χ1n) is 6.09. The fourth-order valence-corrected chi connectivity index (χ4v) is 2.64. The van der Waals surface area contributed by atoms with Gasteiger partial charge in [0.05, 0.1) is 0 Å². The molecule has 0 spiro atoms. The summed E-state index contributed by atoms with van der Waals surface area (Å²) in [5.41, 5.74) is 3.15. The minimum absolute atomic E-state index is 0.427. The Bertz CT molecular complexity index is 596. The maximum atomic E-state index is 4.69. The van der Waals surface area contributed by atoms with Gasteiger partial charge in [-0.2, -0.15) is 4.59 Å². The SMILES string of the molecule is CC[N+]1(C(C)C)N=Cc2nc3[nH]ccc3cc21. The number of aromatic nitrogens is 2. The average molecular weight is 229 g/mol. The van der Waals surface area contributed by atoms with Crippen LogP contribution < -0.4 is 4.59 Å². The maximum Gasteiger partial charge on any atom is 0.188 e. The van der Waals surface area contributed by atoms with Crippen LogP contribution in [0.25, 0.3) is 11.0 Å². The maximum absolute atomic E-state index is 4.69. The molecule has 88 valence electrons. The quantitative estimate of drug-likeness (QED) is 0.790. The predicted molar refractivity (Wildman–Crippen MR) is 71.2 cm³/mol. The molecule has 3 heterocycles. The highest BCUT2D eigenvalue weighted by Gasteiger charge is 2.39. The Morgan fingerprint density at radius 1 is 1.41 bits per heavy atom. The van der Waals surface area contributed by atoms with E-state index in [1.807, 2.05) is 12.4 Å².